The Hall–Kier alpha value is -1.10. The molecule has 1 aromatic carbocycles. The van der Waals surface area contributed by atoms with Crippen molar-refractivity contribution in [3.8, 4) is 11.4 Å². The molecular weight excluding hydrogens is 239 g/mol. The summed E-state index contributed by atoms with van der Waals surface area (Å²) in [5.41, 5.74) is 0.688. The molecule has 0 atom stereocenters. The molecule has 0 fully saturated rings. The van der Waals surface area contributed by atoms with Crippen molar-refractivity contribution in [2.45, 2.75) is 6.61 Å². The number of rotatable bonds is 2. The summed E-state index contributed by atoms with van der Waals surface area (Å²) in [5.74, 6) is 0.536. The Kier molecular flexibility index (Phi) is 2.90. The molecule has 0 spiro atoms. The van der Waals surface area contributed by atoms with E-state index < -0.39 is 0 Å². The lowest BCUT2D eigenvalue weighted by atomic mass is 10.2. The number of aliphatic hydroxyl groups is 1. The number of hydrogen-bond acceptors (Lipinski definition) is 4. The first-order valence-corrected chi connectivity index (χ1v) is 4.85. The first kappa shape index (κ1) is 10.4. The maximum absolute atomic E-state index is 8.75. The van der Waals surface area contributed by atoms with Gasteiger partial charge >= 0.3 is 0 Å². The standard InChI is InChI=1S/C9H6Cl2N2O2/c10-6-2-1-5(3-7(6)11)9-12-8(4-14)15-13-9/h1-3,14H,4H2. The number of nitrogens with zero attached hydrogens (tertiary/aromatic N) is 2. The molecule has 2 aromatic rings. The van der Waals surface area contributed by atoms with Gasteiger partial charge in [-0.2, -0.15) is 4.98 Å². The number of aliphatic hydroxyl groups excluding tert-OH is 1. The van der Waals surface area contributed by atoms with E-state index in [9.17, 15) is 0 Å². The van der Waals surface area contributed by atoms with Gasteiger partial charge in [-0.3, -0.25) is 0 Å². The Balaban J connectivity index is 2.40. The van der Waals surface area contributed by atoms with Gasteiger partial charge in [-0.25, -0.2) is 0 Å². The Bertz CT molecular complexity index is 485. The summed E-state index contributed by atoms with van der Waals surface area (Å²) in [6.45, 7) is -0.283. The first-order valence-electron chi connectivity index (χ1n) is 4.09. The summed E-state index contributed by atoms with van der Waals surface area (Å²) < 4.78 is 4.75. The van der Waals surface area contributed by atoms with Crippen LogP contribution >= 0.6 is 23.2 Å². The smallest absolute Gasteiger partial charge is 0.252 e. The highest BCUT2D eigenvalue weighted by Gasteiger charge is 2.09. The van der Waals surface area contributed by atoms with Crippen molar-refractivity contribution >= 4 is 23.2 Å². The van der Waals surface area contributed by atoms with Crippen LogP contribution in [0.4, 0.5) is 0 Å². The maximum Gasteiger partial charge on any atom is 0.252 e. The molecule has 0 saturated heterocycles. The van der Waals surface area contributed by atoms with Crippen molar-refractivity contribution in [2.75, 3.05) is 0 Å². The van der Waals surface area contributed by atoms with Crippen LogP contribution in [0, 0.1) is 0 Å². The van der Waals surface area contributed by atoms with E-state index in [2.05, 4.69) is 10.1 Å². The molecule has 1 N–H and O–H groups in total. The van der Waals surface area contributed by atoms with Gasteiger partial charge in [-0.05, 0) is 18.2 Å². The van der Waals surface area contributed by atoms with E-state index in [4.69, 9.17) is 32.8 Å². The Morgan fingerprint density at radius 1 is 1.27 bits per heavy atom. The molecule has 0 radical (unpaired) electrons. The average Bonchev–Trinajstić information content (AvgIpc) is 2.70. The molecule has 4 nitrogen and oxygen atoms in total. The maximum atomic E-state index is 8.75. The van der Waals surface area contributed by atoms with E-state index in [1.54, 1.807) is 18.2 Å². The Morgan fingerprint density at radius 3 is 2.67 bits per heavy atom. The van der Waals surface area contributed by atoms with Crippen molar-refractivity contribution in [3.05, 3.63) is 34.1 Å². The summed E-state index contributed by atoms with van der Waals surface area (Å²) in [6.07, 6.45) is 0. The Labute approximate surface area is 95.4 Å². The van der Waals surface area contributed by atoms with Gasteiger partial charge in [0.15, 0.2) is 0 Å². The van der Waals surface area contributed by atoms with E-state index in [0.717, 1.165) is 0 Å². The molecule has 1 aromatic heterocycles. The lowest BCUT2D eigenvalue weighted by Gasteiger charge is -1.97. The minimum absolute atomic E-state index is 0.163. The van der Waals surface area contributed by atoms with Crippen molar-refractivity contribution in [1.29, 1.82) is 0 Å². The van der Waals surface area contributed by atoms with E-state index in [1.165, 1.54) is 0 Å². The van der Waals surface area contributed by atoms with Crippen LogP contribution in [0.5, 0.6) is 0 Å². The second kappa shape index (κ2) is 4.18. The number of halogens is 2. The quantitative estimate of drug-likeness (QED) is 0.883. The summed E-state index contributed by atoms with van der Waals surface area (Å²) >= 11 is 11.6. The van der Waals surface area contributed by atoms with Crippen molar-refractivity contribution < 1.29 is 9.63 Å². The third kappa shape index (κ3) is 2.12. The molecule has 0 saturated carbocycles. The molecule has 0 unspecified atom stereocenters. The molecule has 2 rings (SSSR count). The Morgan fingerprint density at radius 2 is 2.07 bits per heavy atom. The van der Waals surface area contributed by atoms with E-state index in [-0.39, 0.29) is 12.5 Å². The normalized spacial score (nSPS) is 10.6. The van der Waals surface area contributed by atoms with Gasteiger partial charge in [0.1, 0.15) is 6.61 Å². The largest absolute Gasteiger partial charge is 0.387 e. The molecular formula is C9H6Cl2N2O2. The van der Waals surface area contributed by atoms with Gasteiger partial charge in [0.05, 0.1) is 10.0 Å². The summed E-state index contributed by atoms with van der Waals surface area (Å²) in [4.78, 5) is 3.94. The van der Waals surface area contributed by atoms with Crippen molar-refractivity contribution in [3.63, 3.8) is 0 Å². The van der Waals surface area contributed by atoms with Crippen LogP contribution in [-0.2, 0) is 6.61 Å². The predicted octanol–water partition coefficient (Wildman–Crippen LogP) is 2.54. The van der Waals surface area contributed by atoms with E-state index >= 15 is 0 Å². The molecule has 1 heterocycles. The number of aromatic nitrogens is 2. The van der Waals surface area contributed by atoms with Crippen molar-refractivity contribution in [2.24, 2.45) is 0 Å². The SMILES string of the molecule is OCc1nc(-c2ccc(Cl)c(Cl)c2)no1. The van der Waals surface area contributed by atoms with Gasteiger partial charge in [0.2, 0.25) is 5.82 Å². The molecule has 0 aliphatic rings. The van der Waals surface area contributed by atoms with Gasteiger partial charge in [-0.15, -0.1) is 0 Å². The van der Waals surface area contributed by atoms with E-state index in [0.29, 0.717) is 21.4 Å². The minimum atomic E-state index is -0.283. The van der Waals surface area contributed by atoms with Crippen LogP contribution in [0.3, 0.4) is 0 Å². The number of benzene rings is 1. The topological polar surface area (TPSA) is 59.2 Å². The summed E-state index contributed by atoms with van der Waals surface area (Å²) in [5, 5.41) is 13.3. The molecule has 6 heteroatoms. The van der Waals surface area contributed by atoms with E-state index in [1.807, 2.05) is 0 Å². The zero-order chi connectivity index (χ0) is 10.8. The van der Waals surface area contributed by atoms with Gasteiger partial charge < -0.3 is 9.63 Å². The highest BCUT2D eigenvalue weighted by molar-refractivity contribution is 6.42. The van der Waals surface area contributed by atoms with Gasteiger partial charge in [0, 0.05) is 5.56 Å². The molecule has 15 heavy (non-hydrogen) atoms. The van der Waals surface area contributed by atoms with Crippen LogP contribution < -0.4 is 0 Å². The second-order valence-electron chi connectivity index (χ2n) is 2.80. The second-order valence-corrected chi connectivity index (χ2v) is 3.61. The molecule has 0 amide bonds. The first-order chi connectivity index (χ1) is 7.20. The molecule has 0 aliphatic carbocycles. The highest BCUT2D eigenvalue weighted by atomic mass is 35.5. The summed E-state index contributed by atoms with van der Waals surface area (Å²) in [6, 6.07) is 5.00. The third-order valence-corrected chi connectivity index (χ3v) is 2.52. The highest BCUT2D eigenvalue weighted by Crippen LogP contribution is 2.26. The lowest BCUT2D eigenvalue weighted by molar-refractivity contribution is 0.222. The zero-order valence-electron chi connectivity index (χ0n) is 7.44. The van der Waals surface area contributed by atoms with Crippen LogP contribution in [0.1, 0.15) is 5.89 Å². The summed E-state index contributed by atoms with van der Waals surface area (Å²) in [7, 11) is 0. The van der Waals surface area contributed by atoms with Gasteiger partial charge in [-0.1, -0.05) is 28.4 Å². The lowest BCUT2D eigenvalue weighted by Crippen LogP contribution is -1.83. The van der Waals surface area contributed by atoms with Gasteiger partial charge in [0.25, 0.3) is 5.89 Å². The van der Waals surface area contributed by atoms with Crippen LogP contribution in [-0.4, -0.2) is 15.2 Å². The number of hydrogen-bond donors (Lipinski definition) is 1. The monoisotopic (exact) mass is 244 g/mol. The molecule has 0 aliphatic heterocycles. The van der Waals surface area contributed by atoms with Crippen LogP contribution in [0.25, 0.3) is 11.4 Å². The van der Waals surface area contributed by atoms with Crippen molar-refractivity contribution in [1.82, 2.24) is 10.1 Å². The third-order valence-electron chi connectivity index (χ3n) is 1.78. The zero-order valence-corrected chi connectivity index (χ0v) is 8.96. The fourth-order valence-electron chi connectivity index (χ4n) is 1.07. The molecule has 0 bridgehead atoms. The fourth-order valence-corrected chi connectivity index (χ4v) is 1.37. The average molecular weight is 245 g/mol. The van der Waals surface area contributed by atoms with Crippen LogP contribution in [0.15, 0.2) is 22.7 Å². The molecule has 78 valence electrons. The van der Waals surface area contributed by atoms with Crippen LogP contribution in [0.2, 0.25) is 10.0 Å². The fraction of sp³-hybridized carbons (Fsp3) is 0.111. The minimum Gasteiger partial charge on any atom is -0.387 e. The predicted molar refractivity (Wildman–Crippen MR) is 55.7 cm³/mol.